The lowest BCUT2D eigenvalue weighted by Gasteiger charge is -2.11. The van der Waals surface area contributed by atoms with E-state index >= 15 is 0 Å². The fourth-order valence-corrected chi connectivity index (χ4v) is 1.51. The van der Waals surface area contributed by atoms with Crippen molar-refractivity contribution in [3.63, 3.8) is 0 Å². The zero-order chi connectivity index (χ0) is 10.7. The lowest BCUT2D eigenvalue weighted by molar-refractivity contribution is 0.101. The standard InChI is InChI=1S/C11H13ClO2/c1-7-4-5-10(14-3)11(8(7)2)9(13)6-12/h4-5H,6H2,1-3H3. The highest BCUT2D eigenvalue weighted by Crippen LogP contribution is 2.25. The van der Waals surface area contributed by atoms with Crippen molar-refractivity contribution in [3.8, 4) is 5.75 Å². The Morgan fingerprint density at radius 1 is 1.43 bits per heavy atom. The highest BCUT2D eigenvalue weighted by Gasteiger charge is 2.15. The number of halogens is 1. The largest absolute Gasteiger partial charge is 0.496 e. The molecule has 0 unspecified atom stereocenters. The van der Waals surface area contributed by atoms with Crippen LogP contribution in [0.2, 0.25) is 0 Å². The summed E-state index contributed by atoms with van der Waals surface area (Å²) in [4.78, 5) is 11.6. The normalized spacial score (nSPS) is 10.0. The second-order valence-electron chi connectivity index (χ2n) is 3.14. The fraction of sp³-hybridized carbons (Fsp3) is 0.364. The number of alkyl halides is 1. The first-order chi connectivity index (χ1) is 6.61. The molecule has 0 aliphatic rings. The van der Waals surface area contributed by atoms with Crippen molar-refractivity contribution in [2.75, 3.05) is 13.0 Å². The summed E-state index contributed by atoms with van der Waals surface area (Å²) in [7, 11) is 1.55. The van der Waals surface area contributed by atoms with E-state index in [1.165, 1.54) is 0 Å². The Bertz CT molecular complexity index is 359. The molecular formula is C11H13ClO2. The van der Waals surface area contributed by atoms with Gasteiger partial charge in [-0.15, -0.1) is 11.6 Å². The zero-order valence-electron chi connectivity index (χ0n) is 8.56. The number of carbonyl (C=O) groups excluding carboxylic acids is 1. The number of hydrogen-bond donors (Lipinski definition) is 0. The second kappa shape index (κ2) is 4.47. The van der Waals surface area contributed by atoms with Gasteiger partial charge in [0, 0.05) is 0 Å². The molecule has 0 aromatic heterocycles. The summed E-state index contributed by atoms with van der Waals surface area (Å²) in [6, 6.07) is 3.72. The highest BCUT2D eigenvalue weighted by atomic mass is 35.5. The van der Waals surface area contributed by atoms with Crippen LogP contribution >= 0.6 is 11.6 Å². The zero-order valence-corrected chi connectivity index (χ0v) is 9.31. The summed E-state index contributed by atoms with van der Waals surface area (Å²) in [5.41, 5.74) is 2.61. The molecule has 0 radical (unpaired) electrons. The average Bonchev–Trinajstić information content (AvgIpc) is 2.20. The molecule has 1 aromatic rings. The number of ketones is 1. The van der Waals surface area contributed by atoms with Crippen LogP contribution in [0.15, 0.2) is 12.1 Å². The molecule has 2 nitrogen and oxygen atoms in total. The maximum atomic E-state index is 11.6. The van der Waals surface area contributed by atoms with Gasteiger partial charge in [0.05, 0.1) is 18.6 Å². The van der Waals surface area contributed by atoms with E-state index < -0.39 is 0 Å². The summed E-state index contributed by atoms with van der Waals surface area (Å²) in [6.45, 7) is 3.86. The predicted octanol–water partition coefficient (Wildman–Crippen LogP) is 2.73. The van der Waals surface area contributed by atoms with Crippen LogP contribution in [-0.2, 0) is 0 Å². The van der Waals surface area contributed by atoms with Gasteiger partial charge in [-0.1, -0.05) is 6.07 Å². The molecule has 0 saturated carbocycles. The summed E-state index contributed by atoms with van der Waals surface area (Å²) in [5, 5.41) is 0. The van der Waals surface area contributed by atoms with Crippen molar-refractivity contribution in [1.29, 1.82) is 0 Å². The molecule has 0 atom stereocenters. The molecule has 0 spiro atoms. The topological polar surface area (TPSA) is 26.3 Å². The number of benzene rings is 1. The fourth-order valence-electron chi connectivity index (χ4n) is 1.37. The molecule has 14 heavy (non-hydrogen) atoms. The summed E-state index contributed by atoms with van der Waals surface area (Å²) in [6.07, 6.45) is 0. The van der Waals surface area contributed by atoms with Gasteiger partial charge in [-0.25, -0.2) is 0 Å². The third kappa shape index (κ3) is 1.90. The van der Waals surface area contributed by atoms with E-state index in [1.807, 2.05) is 19.9 Å². The van der Waals surface area contributed by atoms with E-state index in [2.05, 4.69) is 0 Å². The van der Waals surface area contributed by atoms with Crippen LogP contribution in [0, 0.1) is 13.8 Å². The number of ether oxygens (including phenoxy) is 1. The van der Waals surface area contributed by atoms with Gasteiger partial charge < -0.3 is 4.74 Å². The monoisotopic (exact) mass is 212 g/mol. The van der Waals surface area contributed by atoms with Crippen LogP contribution in [0.25, 0.3) is 0 Å². The van der Waals surface area contributed by atoms with Crippen molar-refractivity contribution >= 4 is 17.4 Å². The average molecular weight is 213 g/mol. The van der Waals surface area contributed by atoms with Gasteiger partial charge in [-0.05, 0) is 31.0 Å². The van der Waals surface area contributed by atoms with Gasteiger partial charge in [-0.2, -0.15) is 0 Å². The van der Waals surface area contributed by atoms with E-state index in [0.717, 1.165) is 11.1 Å². The van der Waals surface area contributed by atoms with Crippen molar-refractivity contribution in [3.05, 3.63) is 28.8 Å². The van der Waals surface area contributed by atoms with E-state index in [-0.39, 0.29) is 11.7 Å². The summed E-state index contributed by atoms with van der Waals surface area (Å²) < 4.78 is 5.12. The lowest BCUT2D eigenvalue weighted by Crippen LogP contribution is -2.07. The smallest absolute Gasteiger partial charge is 0.181 e. The molecule has 0 aliphatic heterocycles. The number of aryl methyl sites for hydroxylation is 1. The lowest BCUT2D eigenvalue weighted by atomic mass is 9.99. The Balaban J connectivity index is 3.35. The highest BCUT2D eigenvalue weighted by molar-refractivity contribution is 6.31. The molecule has 76 valence electrons. The van der Waals surface area contributed by atoms with Crippen LogP contribution in [0.1, 0.15) is 21.5 Å². The van der Waals surface area contributed by atoms with E-state index in [9.17, 15) is 4.79 Å². The van der Waals surface area contributed by atoms with Crippen molar-refractivity contribution in [1.82, 2.24) is 0 Å². The van der Waals surface area contributed by atoms with Crippen LogP contribution in [0.4, 0.5) is 0 Å². The van der Waals surface area contributed by atoms with Gasteiger partial charge in [-0.3, -0.25) is 4.79 Å². The summed E-state index contributed by atoms with van der Waals surface area (Å²) >= 11 is 5.53. The second-order valence-corrected chi connectivity index (χ2v) is 3.41. The molecule has 0 amide bonds. The first-order valence-electron chi connectivity index (χ1n) is 4.35. The molecule has 1 rings (SSSR count). The number of hydrogen-bond acceptors (Lipinski definition) is 2. The van der Waals surface area contributed by atoms with E-state index in [4.69, 9.17) is 16.3 Å². The van der Waals surface area contributed by atoms with Gasteiger partial charge in [0.25, 0.3) is 0 Å². The maximum Gasteiger partial charge on any atom is 0.181 e. The molecule has 0 saturated heterocycles. The Morgan fingerprint density at radius 3 is 2.57 bits per heavy atom. The molecule has 0 bridgehead atoms. The van der Waals surface area contributed by atoms with Crippen LogP contribution in [0.5, 0.6) is 5.75 Å². The summed E-state index contributed by atoms with van der Waals surface area (Å²) in [5.74, 6) is 0.490. The van der Waals surface area contributed by atoms with Crippen molar-refractivity contribution < 1.29 is 9.53 Å². The quantitative estimate of drug-likeness (QED) is 0.569. The molecule has 0 aliphatic carbocycles. The number of rotatable bonds is 3. The third-order valence-corrected chi connectivity index (χ3v) is 2.56. The molecule has 0 N–H and O–H groups in total. The molecule has 0 fully saturated rings. The Morgan fingerprint density at radius 2 is 2.07 bits per heavy atom. The number of methoxy groups -OCH3 is 1. The molecule has 1 aromatic carbocycles. The van der Waals surface area contributed by atoms with Crippen LogP contribution < -0.4 is 4.74 Å². The SMILES string of the molecule is COc1ccc(C)c(C)c1C(=O)CCl. The number of Topliss-reactive ketones (excluding diaryl/α,β-unsaturated/α-hetero) is 1. The molecule has 3 heteroatoms. The van der Waals surface area contributed by atoms with Gasteiger partial charge in [0.1, 0.15) is 5.75 Å². The third-order valence-electron chi connectivity index (χ3n) is 2.32. The van der Waals surface area contributed by atoms with Crippen LogP contribution in [-0.4, -0.2) is 18.8 Å². The van der Waals surface area contributed by atoms with Crippen molar-refractivity contribution in [2.24, 2.45) is 0 Å². The first-order valence-corrected chi connectivity index (χ1v) is 4.88. The van der Waals surface area contributed by atoms with Crippen molar-refractivity contribution in [2.45, 2.75) is 13.8 Å². The minimum atomic E-state index is -0.0929. The van der Waals surface area contributed by atoms with E-state index in [1.54, 1.807) is 13.2 Å². The Kier molecular flexibility index (Phi) is 3.53. The molecule has 0 heterocycles. The molecular weight excluding hydrogens is 200 g/mol. The minimum Gasteiger partial charge on any atom is -0.496 e. The predicted molar refractivity (Wildman–Crippen MR) is 57.5 cm³/mol. The minimum absolute atomic E-state index is 0.0132. The van der Waals surface area contributed by atoms with Gasteiger partial charge >= 0.3 is 0 Å². The van der Waals surface area contributed by atoms with Gasteiger partial charge in [0.2, 0.25) is 0 Å². The van der Waals surface area contributed by atoms with E-state index in [0.29, 0.717) is 11.3 Å². The number of carbonyl (C=O) groups is 1. The maximum absolute atomic E-state index is 11.6. The Hall–Kier alpha value is -1.02. The van der Waals surface area contributed by atoms with Crippen LogP contribution in [0.3, 0.4) is 0 Å². The first kappa shape index (κ1) is 11.1. The Labute approximate surface area is 88.8 Å². The van der Waals surface area contributed by atoms with Gasteiger partial charge in [0.15, 0.2) is 5.78 Å².